The Hall–Kier alpha value is -2.36. The van der Waals surface area contributed by atoms with Crippen molar-refractivity contribution in [2.45, 2.75) is 0 Å². The number of H-pyrrole nitrogens is 1. The molecule has 2 amide bonds. The number of aromatic nitrogens is 4. The second-order valence-electron chi connectivity index (χ2n) is 4.33. The Kier molecular flexibility index (Phi) is 3.37. The van der Waals surface area contributed by atoms with Crippen molar-refractivity contribution >= 4 is 34.3 Å². The lowest BCUT2D eigenvalue weighted by atomic mass is 10.3. The molecule has 0 aliphatic carbocycles. The summed E-state index contributed by atoms with van der Waals surface area (Å²) in [5, 5.41) is 10.0. The van der Waals surface area contributed by atoms with Gasteiger partial charge >= 0.3 is 6.03 Å². The SMILES string of the molecule is Nc1nsc(N2CCN(C(=O)Nc3cn[nH]c3)CC2)n1. The van der Waals surface area contributed by atoms with Crippen LogP contribution in [0.25, 0.3) is 0 Å². The van der Waals surface area contributed by atoms with Gasteiger partial charge in [-0.15, -0.1) is 0 Å². The maximum absolute atomic E-state index is 12.0. The first-order valence-electron chi connectivity index (χ1n) is 6.11. The van der Waals surface area contributed by atoms with Crippen LogP contribution in [0.3, 0.4) is 0 Å². The van der Waals surface area contributed by atoms with E-state index in [1.165, 1.54) is 11.5 Å². The molecule has 4 N–H and O–H groups in total. The number of rotatable bonds is 2. The number of hydrogen-bond donors (Lipinski definition) is 3. The molecule has 20 heavy (non-hydrogen) atoms. The maximum Gasteiger partial charge on any atom is 0.322 e. The van der Waals surface area contributed by atoms with E-state index >= 15 is 0 Å². The number of nitrogens with two attached hydrogens (primary N) is 1. The largest absolute Gasteiger partial charge is 0.367 e. The first-order valence-corrected chi connectivity index (χ1v) is 6.88. The summed E-state index contributed by atoms with van der Waals surface area (Å²) in [6, 6.07) is -0.122. The molecule has 1 fully saturated rings. The fourth-order valence-electron chi connectivity index (χ4n) is 1.98. The van der Waals surface area contributed by atoms with E-state index in [4.69, 9.17) is 5.73 Å². The average molecular weight is 294 g/mol. The van der Waals surface area contributed by atoms with Gasteiger partial charge in [-0.2, -0.15) is 14.5 Å². The van der Waals surface area contributed by atoms with Crippen molar-refractivity contribution in [1.29, 1.82) is 0 Å². The minimum Gasteiger partial charge on any atom is -0.367 e. The third kappa shape index (κ3) is 2.64. The standard InChI is InChI=1S/C10H14N8OS/c11-8-15-10(20-16-8)18-3-1-17(2-4-18)9(19)14-7-5-12-13-6-7/h5-6H,1-4H2,(H2,11,16)(H,12,13)(H,14,19). The van der Waals surface area contributed by atoms with Gasteiger partial charge in [0.15, 0.2) is 0 Å². The van der Waals surface area contributed by atoms with Gasteiger partial charge in [-0.1, -0.05) is 0 Å². The van der Waals surface area contributed by atoms with Crippen LogP contribution in [0.2, 0.25) is 0 Å². The van der Waals surface area contributed by atoms with E-state index in [0.717, 1.165) is 5.13 Å². The molecule has 1 aliphatic heterocycles. The Morgan fingerprint density at radius 1 is 1.40 bits per heavy atom. The second kappa shape index (κ2) is 5.33. The molecule has 0 atom stereocenters. The van der Waals surface area contributed by atoms with Gasteiger partial charge in [-0.3, -0.25) is 5.10 Å². The zero-order chi connectivity index (χ0) is 13.9. The van der Waals surface area contributed by atoms with Gasteiger partial charge in [0.1, 0.15) is 0 Å². The Morgan fingerprint density at radius 3 is 2.80 bits per heavy atom. The average Bonchev–Trinajstić information content (AvgIpc) is 3.10. The monoisotopic (exact) mass is 294 g/mol. The second-order valence-corrected chi connectivity index (χ2v) is 5.06. The van der Waals surface area contributed by atoms with Crippen LogP contribution in [0.4, 0.5) is 21.6 Å². The van der Waals surface area contributed by atoms with E-state index in [9.17, 15) is 4.79 Å². The Bertz CT molecular complexity index is 574. The smallest absolute Gasteiger partial charge is 0.322 e. The van der Waals surface area contributed by atoms with Gasteiger partial charge in [0.2, 0.25) is 11.1 Å². The molecule has 10 heteroatoms. The molecule has 1 saturated heterocycles. The van der Waals surface area contributed by atoms with E-state index < -0.39 is 0 Å². The third-order valence-electron chi connectivity index (χ3n) is 3.02. The zero-order valence-corrected chi connectivity index (χ0v) is 11.4. The van der Waals surface area contributed by atoms with Crippen LogP contribution in [0.5, 0.6) is 0 Å². The van der Waals surface area contributed by atoms with E-state index in [-0.39, 0.29) is 6.03 Å². The summed E-state index contributed by atoms with van der Waals surface area (Å²) in [5.74, 6) is 0.296. The number of carbonyl (C=O) groups excluding carboxylic acids is 1. The number of nitrogens with one attached hydrogen (secondary N) is 2. The van der Waals surface area contributed by atoms with E-state index in [1.54, 1.807) is 17.3 Å². The topological polar surface area (TPSA) is 116 Å². The number of anilines is 3. The lowest BCUT2D eigenvalue weighted by Gasteiger charge is -2.34. The van der Waals surface area contributed by atoms with Gasteiger partial charge in [0.05, 0.1) is 11.9 Å². The number of carbonyl (C=O) groups is 1. The predicted molar refractivity (Wildman–Crippen MR) is 75.7 cm³/mol. The van der Waals surface area contributed by atoms with Crippen molar-refractivity contribution in [2.24, 2.45) is 0 Å². The molecular weight excluding hydrogens is 280 g/mol. The normalized spacial score (nSPS) is 15.4. The summed E-state index contributed by atoms with van der Waals surface area (Å²) in [6.45, 7) is 2.69. The van der Waals surface area contributed by atoms with E-state index in [1.807, 2.05) is 0 Å². The highest BCUT2D eigenvalue weighted by atomic mass is 32.1. The molecule has 0 bridgehead atoms. The highest BCUT2D eigenvalue weighted by Gasteiger charge is 2.23. The lowest BCUT2D eigenvalue weighted by Crippen LogP contribution is -2.50. The summed E-state index contributed by atoms with van der Waals surface area (Å²) in [4.78, 5) is 20.0. The van der Waals surface area contributed by atoms with Crippen LogP contribution in [-0.4, -0.2) is 56.7 Å². The Balaban J connectivity index is 1.54. The minimum atomic E-state index is -0.122. The van der Waals surface area contributed by atoms with Crippen LogP contribution in [-0.2, 0) is 0 Å². The third-order valence-corrected chi connectivity index (χ3v) is 3.81. The zero-order valence-electron chi connectivity index (χ0n) is 10.6. The van der Waals surface area contributed by atoms with Crippen LogP contribution in [0, 0.1) is 0 Å². The molecular formula is C10H14N8OS. The molecule has 3 heterocycles. The van der Waals surface area contributed by atoms with Gasteiger partial charge in [0.25, 0.3) is 0 Å². The summed E-state index contributed by atoms with van der Waals surface area (Å²) in [6.07, 6.45) is 3.20. The molecule has 2 aromatic heterocycles. The fourth-order valence-corrected chi connectivity index (χ4v) is 2.63. The van der Waals surface area contributed by atoms with Gasteiger partial charge in [-0.05, 0) is 0 Å². The molecule has 2 aromatic rings. The number of nitrogens with zero attached hydrogens (tertiary/aromatic N) is 5. The van der Waals surface area contributed by atoms with Crippen LogP contribution in [0.1, 0.15) is 0 Å². The summed E-state index contributed by atoms with van der Waals surface area (Å²) in [7, 11) is 0. The number of amides is 2. The number of piperazine rings is 1. The molecule has 0 saturated carbocycles. The Labute approximate surface area is 118 Å². The van der Waals surface area contributed by atoms with Crippen molar-refractivity contribution in [2.75, 3.05) is 42.1 Å². The van der Waals surface area contributed by atoms with Gasteiger partial charge in [-0.25, -0.2) is 4.79 Å². The molecule has 0 spiro atoms. The maximum atomic E-state index is 12.0. The lowest BCUT2D eigenvalue weighted by molar-refractivity contribution is 0.208. The molecule has 1 aliphatic rings. The number of hydrogen-bond acceptors (Lipinski definition) is 7. The van der Waals surface area contributed by atoms with Crippen molar-refractivity contribution in [3.05, 3.63) is 12.4 Å². The van der Waals surface area contributed by atoms with Crippen molar-refractivity contribution in [3.8, 4) is 0 Å². The van der Waals surface area contributed by atoms with Crippen LogP contribution < -0.4 is 16.0 Å². The molecule has 0 radical (unpaired) electrons. The molecule has 106 valence electrons. The number of nitrogen functional groups attached to an aromatic ring is 1. The van der Waals surface area contributed by atoms with Crippen LogP contribution in [0.15, 0.2) is 12.4 Å². The number of aromatic amines is 1. The molecule has 0 unspecified atom stereocenters. The van der Waals surface area contributed by atoms with E-state index in [0.29, 0.717) is 37.8 Å². The quantitative estimate of drug-likeness (QED) is 0.728. The van der Waals surface area contributed by atoms with E-state index in [2.05, 4.69) is 29.8 Å². The first-order chi connectivity index (χ1) is 9.72. The highest BCUT2D eigenvalue weighted by Crippen LogP contribution is 2.19. The molecule has 9 nitrogen and oxygen atoms in total. The van der Waals surface area contributed by atoms with Crippen molar-refractivity contribution in [1.82, 2.24) is 24.5 Å². The Morgan fingerprint density at radius 2 is 2.20 bits per heavy atom. The fraction of sp³-hybridized carbons (Fsp3) is 0.400. The van der Waals surface area contributed by atoms with Crippen molar-refractivity contribution < 1.29 is 4.79 Å². The first kappa shape index (κ1) is 12.7. The minimum absolute atomic E-state index is 0.122. The van der Waals surface area contributed by atoms with Gasteiger partial charge < -0.3 is 20.9 Å². The highest BCUT2D eigenvalue weighted by molar-refractivity contribution is 7.09. The number of urea groups is 1. The predicted octanol–water partition coefficient (Wildman–Crippen LogP) is 0.197. The van der Waals surface area contributed by atoms with Gasteiger partial charge in [0, 0.05) is 43.9 Å². The summed E-state index contributed by atoms with van der Waals surface area (Å²) >= 11 is 1.28. The van der Waals surface area contributed by atoms with Crippen LogP contribution >= 0.6 is 11.5 Å². The molecule has 3 rings (SSSR count). The molecule has 0 aromatic carbocycles. The summed E-state index contributed by atoms with van der Waals surface area (Å²) in [5.41, 5.74) is 6.18. The summed E-state index contributed by atoms with van der Waals surface area (Å²) < 4.78 is 3.96. The van der Waals surface area contributed by atoms with Crippen molar-refractivity contribution in [3.63, 3.8) is 0 Å².